The number of nitrogens with one attached hydrogen (secondary N) is 1. The maximum atomic E-state index is 11.5. The first kappa shape index (κ1) is 13.3. The third-order valence-electron chi connectivity index (χ3n) is 3.01. The number of rotatable bonds is 3. The minimum absolute atomic E-state index is 0.127. The highest BCUT2D eigenvalue weighted by molar-refractivity contribution is 5.64. The fourth-order valence-electron chi connectivity index (χ4n) is 1.89. The van der Waals surface area contributed by atoms with Crippen molar-refractivity contribution in [1.82, 2.24) is 10.2 Å². The first-order valence-corrected chi connectivity index (χ1v) is 6.32. The Balaban J connectivity index is 2.48. The number of ether oxygens (including phenoxy) is 1. The molecule has 4 nitrogen and oxygen atoms in total. The van der Waals surface area contributed by atoms with Crippen molar-refractivity contribution >= 4 is 0 Å². The van der Waals surface area contributed by atoms with Crippen LogP contribution in [-0.4, -0.2) is 16.3 Å². The molecule has 0 aliphatic carbocycles. The van der Waals surface area contributed by atoms with Gasteiger partial charge in [0, 0.05) is 11.1 Å². The lowest BCUT2D eigenvalue weighted by atomic mass is 10.0. The average molecular weight is 258 g/mol. The zero-order chi connectivity index (χ0) is 14.0. The molecule has 1 aromatic heterocycles. The largest absolute Gasteiger partial charge is 0.491 e. The van der Waals surface area contributed by atoms with Gasteiger partial charge in [-0.3, -0.25) is 4.79 Å². The van der Waals surface area contributed by atoms with Gasteiger partial charge >= 0.3 is 0 Å². The average Bonchev–Trinajstić information content (AvgIpc) is 2.36. The highest BCUT2D eigenvalue weighted by Crippen LogP contribution is 2.25. The van der Waals surface area contributed by atoms with Crippen molar-refractivity contribution in [1.29, 1.82) is 0 Å². The molecule has 0 unspecified atom stereocenters. The number of benzene rings is 1. The minimum atomic E-state index is -0.143. The molecule has 2 aromatic rings. The Labute approximate surface area is 112 Å². The second-order valence-corrected chi connectivity index (χ2v) is 4.85. The Bertz CT molecular complexity index is 645. The van der Waals surface area contributed by atoms with Gasteiger partial charge in [0.1, 0.15) is 5.75 Å². The maximum absolute atomic E-state index is 11.5. The normalized spacial score (nSPS) is 10.8. The van der Waals surface area contributed by atoms with Crippen molar-refractivity contribution in [3.8, 4) is 17.0 Å². The number of hydrogen-bond donors (Lipinski definition) is 1. The van der Waals surface area contributed by atoms with Crippen molar-refractivity contribution in [2.75, 3.05) is 0 Å². The fraction of sp³-hybridized carbons (Fsp3) is 0.333. The molecule has 0 saturated carbocycles. The predicted molar refractivity (Wildman–Crippen MR) is 75.5 cm³/mol. The van der Waals surface area contributed by atoms with Crippen LogP contribution in [0.5, 0.6) is 5.75 Å². The number of aromatic nitrogens is 2. The SMILES string of the molecule is Cc1c(-c2cccc(OC(C)C)c2)n[nH]c(=O)c1C. The van der Waals surface area contributed by atoms with Gasteiger partial charge in [-0.2, -0.15) is 5.10 Å². The van der Waals surface area contributed by atoms with E-state index in [0.29, 0.717) is 5.56 Å². The lowest BCUT2D eigenvalue weighted by Gasteiger charge is -2.12. The number of hydrogen-bond acceptors (Lipinski definition) is 3. The first-order chi connectivity index (χ1) is 8.99. The summed E-state index contributed by atoms with van der Waals surface area (Å²) in [6.07, 6.45) is 0.127. The zero-order valence-electron chi connectivity index (χ0n) is 11.7. The van der Waals surface area contributed by atoms with Gasteiger partial charge in [-0.15, -0.1) is 0 Å². The molecule has 1 heterocycles. The Morgan fingerprint density at radius 2 is 1.95 bits per heavy atom. The molecule has 0 radical (unpaired) electrons. The summed E-state index contributed by atoms with van der Waals surface area (Å²) in [7, 11) is 0. The summed E-state index contributed by atoms with van der Waals surface area (Å²) in [6.45, 7) is 7.68. The Hall–Kier alpha value is -2.10. The van der Waals surface area contributed by atoms with E-state index in [9.17, 15) is 4.79 Å². The summed E-state index contributed by atoms with van der Waals surface area (Å²) in [6, 6.07) is 7.74. The summed E-state index contributed by atoms with van der Waals surface area (Å²) in [5.74, 6) is 0.803. The summed E-state index contributed by atoms with van der Waals surface area (Å²) >= 11 is 0. The van der Waals surface area contributed by atoms with Crippen molar-refractivity contribution in [3.63, 3.8) is 0 Å². The lowest BCUT2D eigenvalue weighted by molar-refractivity contribution is 0.242. The van der Waals surface area contributed by atoms with Crippen molar-refractivity contribution in [2.45, 2.75) is 33.8 Å². The number of H-pyrrole nitrogens is 1. The third kappa shape index (κ3) is 2.84. The van der Waals surface area contributed by atoms with Crippen LogP contribution in [0.1, 0.15) is 25.0 Å². The quantitative estimate of drug-likeness (QED) is 0.921. The Kier molecular flexibility index (Phi) is 3.69. The van der Waals surface area contributed by atoms with E-state index in [1.165, 1.54) is 0 Å². The fourth-order valence-corrected chi connectivity index (χ4v) is 1.89. The van der Waals surface area contributed by atoms with Crippen LogP contribution in [0.4, 0.5) is 0 Å². The topological polar surface area (TPSA) is 55.0 Å². The Morgan fingerprint density at radius 3 is 2.63 bits per heavy atom. The highest BCUT2D eigenvalue weighted by atomic mass is 16.5. The second-order valence-electron chi connectivity index (χ2n) is 4.85. The van der Waals surface area contributed by atoms with E-state index in [0.717, 1.165) is 22.6 Å². The van der Waals surface area contributed by atoms with Gasteiger partial charge in [0.25, 0.3) is 5.56 Å². The van der Waals surface area contributed by atoms with E-state index in [2.05, 4.69) is 10.2 Å². The molecule has 0 bridgehead atoms. The molecule has 19 heavy (non-hydrogen) atoms. The molecule has 0 spiro atoms. The molecule has 100 valence electrons. The molecule has 0 fully saturated rings. The Morgan fingerprint density at radius 1 is 1.21 bits per heavy atom. The number of nitrogens with zero attached hydrogens (tertiary/aromatic N) is 1. The van der Waals surface area contributed by atoms with Gasteiger partial charge < -0.3 is 4.74 Å². The van der Waals surface area contributed by atoms with Gasteiger partial charge in [-0.25, -0.2) is 5.10 Å². The van der Waals surface area contributed by atoms with Gasteiger partial charge in [-0.05, 0) is 45.4 Å². The molecule has 2 rings (SSSR count). The van der Waals surface area contributed by atoms with Gasteiger partial charge in [0.05, 0.1) is 11.8 Å². The molecule has 1 aromatic carbocycles. The lowest BCUT2D eigenvalue weighted by Crippen LogP contribution is -2.14. The summed E-state index contributed by atoms with van der Waals surface area (Å²) in [4.78, 5) is 11.5. The highest BCUT2D eigenvalue weighted by Gasteiger charge is 2.09. The van der Waals surface area contributed by atoms with Crippen LogP contribution in [-0.2, 0) is 0 Å². The molecule has 0 saturated heterocycles. The van der Waals surface area contributed by atoms with E-state index >= 15 is 0 Å². The molecule has 0 aliphatic heterocycles. The van der Waals surface area contributed by atoms with E-state index in [-0.39, 0.29) is 11.7 Å². The van der Waals surface area contributed by atoms with E-state index in [1.807, 2.05) is 45.0 Å². The minimum Gasteiger partial charge on any atom is -0.491 e. The molecular weight excluding hydrogens is 240 g/mol. The summed E-state index contributed by atoms with van der Waals surface area (Å²) in [5.41, 5.74) is 3.17. The molecule has 1 N–H and O–H groups in total. The third-order valence-corrected chi connectivity index (χ3v) is 3.01. The van der Waals surface area contributed by atoms with Crippen LogP contribution in [0.2, 0.25) is 0 Å². The predicted octanol–water partition coefficient (Wildman–Crippen LogP) is 2.84. The van der Waals surface area contributed by atoms with E-state index < -0.39 is 0 Å². The van der Waals surface area contributed by atoms with Crippen molar-refractivity contribution in [3.05, 3.63) is 45.7 Å². The van der Waals surface area contributed by atoms with Gasteiger partial charge in [-0.1, -0.05) is 12.1 Å². The van der Waals surface area contributed by atoms with Crippen LogP contribution >= 0.6 is 0 Å². The van der Waals surface area contributed by atoms with Crippen LogP contribution in [0, 0.1) is 13.8 Å². The van der Waals surface area contributed by atoms with Crippen molar-refractivity contribution in [2.24, 2.45) is 0 Å². The van der Waals surface area contributed by atoms with E-state index in [1.54, 1.807) is 6.92 Å². The monoisotopic (exact) mass is 258 g/mol. The smallest absolute Gasteiger partial charge is 0.267 e. The molecule has 0 atom stereocenters. The molecule has 0 aliphatic rings. The van der Waals surface area contributed by atoms with Crippen molar-refractivity contribution < 1.29 is 4.74 Å². The number of aromatic amines is 1. The second kappa shape index (κ2) is 5.26. The molecular formula is C15H18N2O2. The van der Waals surface area contributed by atoms with Gasteiger partial charge in [0.2, 0.25) is 0 Å². The zero-order valence-corrected chi connectivity index (χ0v) is 11.7. The standard InChI is InChI=1S/C15H18N2O2/c1-9(2)19-13-7-5-6-12(8-13)14-10(3)11(4)15(18)17-16-14/h5-9H,1-4H3,(H,17,18). The van der Waals surface area contributed by atoms with Crippen LogP contribution in [0.15, 0.2) is 29.1 Å². The van der Waals surface area contributed by atoms with Crippen LogP contribution in [0.25, 0.3) is 11.3 Å². The van der Waals surface area contributed by atoms with Crippen LogP contribution in [0.3, 0.4) is 0 Å². The van der Waals surface area contributed by atoms with E-state index in [4.69, 9.17) is 4.74 Å². The van der Waals surface area contributed by atoms with Crippen LogP contribution < -0.4 is 10.3 Å². The summed E-state index contributed by atoms with van der Waals surface area (Å²) in [5, 5.41) is 6.66. The summed E-state index contributed by atoms with van der Waals surface area (Å²) < 4.78 is 5.67. The van der Waals surface area contributed by atoms with Gasteiger partial charge in [0.15, 0.2) is 0 Å². The maximum Gasteiger partial charge on any atom is 0.267 e. The molecule has 0 amide bonds. The first-order valence-electron chi connectivity index (χ1n) is 6.32. The molecule has 4 heteroatoms.